The third kappa shape index (κ3) is 4.77. The molecule has 0 aliphatic rings. The number of benzene rings is 2. The lowest BCUT2D eigenvalue weighted by Gasteiger charge is -2.06. The van der Waals surface area contributed by atoms with Gasteiger partial charge in [-0.1, -0.05) is 0 Å². The number of nitrogens with one attached hydrogen (secondary N) is 1. The van der Waals surface area contributed by atoms with Crippen molar-refractivity contribution in [2.24, 2.45) is 0 Å². The average Bonchev–Trinajstić information content (AvgIpc) is 3.34. The number of amides is 1. The molecule has 4 aromatic rings. The molecule has 4 rings (SSSR count). The van der Waals surface area contributed by atoms with Gasteiger partial charge in [-0.25, -0.2) is 9.59 Å². The van der Waals surface area contributed by atoms with Crippen LogP contribution in [0.1, 0.15) is 29.4 Å². The number of nitro benzene ring substituents is 1. The lowest BCUT2D eigenvalue weighted by atomic mass is 10.2. The molecule has 2 aromatic carbocycles. The zero-order valence-corrected chi connectivity index (χ0v) is 18.3. The van der Waals surface area contributed by atoms with E-state index in [2.05, 4.69) is 5.32 Å². The van der Waals surface area contributed by atoms with Gasteiger partial charge in [-0.3, -0.25) is 19.5 Å². The second-order valence-electron chi connectivity index (χ2n) is 7.16. The van der Waals surface area contributed by atoms with E-state index in [4.69, 9.17) is 9.15 Å². The van der Waals surface area contributed by atoms with Crippen molar-refractivity contribution >= 4 is 55.8 Å². The number of anilines is 1. The number of fused-ring (bicyclic) bond motifs is 2. The van der Waals surface area contributed by atoms with Crippen molar-refractivity contribution in [3.8, 4) is 0 Å². The number of carbonyl (C=O) groups is 2. The van der Waals surface area contributed by atoms with E-state index >= 15 is 0 Å². The highest BCUT2D eigenvalue weighted by atomic mass is 32.1. The summed E-state index contributed by atoms with van der Waals surface area (Å²) >= 11 is 1.32. The van der Waals surface area contributed by atoms with Crippen molar-refractivity contribution in [3.63, 3.8) is 0 Å². The molecule has 0 saturated carbocycles. The fourth-order valence-corrected chi connectivity index (χ4v) is 4.36. The van der Waals surface area contributed by atoms with E-state index in [1.165, 1.54) is 34.1 Å². The van der Waals surface area contributed by atoms with Crippen molar-refractivity contribution in [1.82, 2.24) is 4.57 Å². The molecule has 1 N–H and O–H groups in total. The lowest BCUT2D eigenvalue weighted by molar-refractivity contribution is -0.384. The first kappa shape index (κ1) is 22.2. The van der Waals surface area contributed by atoms with Gasteiger partial charge in [-0.15, -0.1) is 11.3 Å². The summed E-state index contributed by atoms with van der Waals surface area (Å²) in [5, 5.41) is 14.5. The Morgan fingerprint density at radius 3 is 2.79 bits per heavy atom. The molecule has 10 nitrogen and oxygen atoms in total. The number of rotatable bonds is 8. The minimum Gasteiger partial charge on any atom is -0.462 e. The van der Waals surface area contributed by atoms with Crippen molar-refractivity contribution in [2.45, 2.75) is 26.3 Å². The molecule has 0 fully saturated rings. The third-order valence-corrected chi connectivity index (χ3v) is 6.02. The summed E-state index contributed by atoms with van der Waals surface area (Å²) < 4.78 is 12.4. The molecule has 0 aliphatic heterocycles. The van der Waals surface area contributed by atoms with Gasteiger partial charge in [0.15, 0.2) is 5.58 Å². The average molecular weight is 469 g/mol. The molecular formula is C22H19N3O7S. The highest BCUT2D eigenvalue weighted by Gasteiger charge is 2.15. The van der Waals surface area contributed by atoms with E-state index in [0.717, 1.165) is 10.1 Å². The van der Waals surface area contributed by atoms with Crippen molar-refractivity contribution in [3.05, 3.63) is 68.0 Å². The Morgan fingerprint density at radius 2 is 2.03 bits per heavy atom. The zero-order valence-electron chi connectivity index (χ0n) is 17.5. The van der Waals surface area contributed by atoms with E-state index in [1.807, 2.05) is 6.07 Å². The predicted octanol–water partition coefficient (Wildman–Crippen LogP) is 4.31. The van der Waals surface area contributed by atoms with Gasteiger partial charge in [0, 0.05) is 29.4 Å². The Bertz CT molecular complexity index is 1430. The minimum absolute atomic E-state index is 0.130. The van der Waals surface area contributed by atoms with Crippen LogP contribution in [0.3, 0.4) is 0 Å². The fraction of sp³-hybridized carbons (Fsp3) is 0.227. The summed E-state index contributed by atoms with van der Waals surface area (Å²) in [5.74, 6) is -1.24. The third-order valence-electron chi connectivity index (χ3n) is 4.92. The number of carbonyl (C=O) groups excluding carboxylic acids is 2. The molecule has 2 heterocycles. The number of thiophene rings is 1. The van der Waals surface area contributed by atoms with Gasteiger partial charge in [-0.2, -0.15) is 0 Å². The first-order valence-corrected chi connectivity index (χ1v) is 11.0. The molecule has 1 amide bonds. The number of hydrogen-bond acceptors (Lipinski definition) is 8. The van der Waals surface area contributed by atoms with Crippen LogP contribution in [0.25, 0.3) is 21.2 Å². The summed E-state index contributed by atoms with van der Waals surface area (Å²) in [6, 6.07) is 11.1. The van der Waals surface area contributed by atoms with Crippen LogP contribution in [0.4, 0.5) is 11.4 Å². The Labute approximate surface area is 190 Å². The van der Waals surface area contributed by atoms with Crippen LogP contribution in [-0.2, 0) is 16.1 Å². The monoisotopic (exact) mass is 469 g/mol. The topological polar surface area (TPSA) is 134 Å². The molecule has 11 heteroatoms. The summed E-state index contributed by atoms with van der Waals surface area (Å²) in [6.45, 7) is 2.27. The number of nitrogens with zero attached hydrogens (tertiary/aromatic N) is 2. The van der Waals surface area contributed by atoms with Gasteiger partial charge in [0.1, 0.15) is 4.88 Å². The van der Waals surface area contributed by atoms with Gasteiger partial charge in [0.2, 0.25) is 5.91 Å². The van der Waals surface area contributed by atoms with Crippen LogP contribution < -0.4 is 11.1 Å². The highest BCUT2D eigenvalue weighted by molar-refractivity contribution is 7.20. The predicted molar refractivity (Wildman–Crippen MR) is 123 cm³/mol. The fourth-order valence-electron chi connectivity index (χ4n) is 3.43. The first-order valence-electron chi connectivity index (χ1n) is 10.1. The molecular weight excluding hydrogens is 450 g/mol. The van der Waals surface area contributed by atoms with Crippen LogP contribution >= 0.6 is 11.3 Å². The van der Waals surface area contributed by atoms with Gasteiger partial charge in [0.25, 0.3) is 5.69 Å². The molecule has 0 aliphatic carbocycles. The van der Waals surface area contributed by atoms with Crippen molar-refractivity contribution in [2.75, 3.05) is 11.9 Å². The maximum atomic E-state index is 12.4. The molecule has 33 heavy (non-hydrogen) atoms. The minimum atomic E-state index is -0.633. The zero-order chi connectivity index (χ0) is 23.5. The summed E-state index contributed by atoms with van der Waals surface area (Å²) in [4.78, 5) is 47.2. The normalized spacial score (nSPS) is 11.1. The number of aryl methyl sites for hydroxylation is 1. The highest BCUT2D eigenvalue weighted by Crippen LogP contribution is 2.29. The molecule has 0 saturated heterocycles. The number of hydrogen-bond donors (Lipinski definition) is 1. The summed E-state index contributed by atoms with van der Waals surface area (Å²) in [7, 11) is 0. The van der Waals surface area contributed by atoms with Gasteiger partial charge in [-0.05, 0) is 49.1 Å². The Hall–Kier alpha value is -3.99. The van der Waals surface area contributed by atoms with Crippen molar-refractivity contribution < 1.29 is 23.7 Å². The Kier molecular flexibility index (Phi) is 6.22. The number of nitro groups is 1. The number of non-ortho nitro benzene ring substituents is 1. The van der Waals surface area contributed by atoms with Crippen molar-refractivity contribution in [1.29, 1.82) is 0 Å². The number of ether oxygens (including phenoxy) is 1. The molecule has 170 valence electrons. The second-order valence-corrected chi connectivity index (χ2v) is 8.25. The maximum absolute atomic E-state index is 12.4. The first-order chi connectivity index (χ1) is 15.9. The molecule has 0 radical (unpaired) electrons. The van der Waals surface area contributed by atoms with E-state index in [-0.39, 0.29) is 36.1 Å². The summed E-state index contributed by atoms with van der Waals surface area (Å²) in [6.07, 6.45) is 0.521. The van der Waals surface area contributed by atoms with E-state index in [1.54, 1.807) is 25.1 Å². The van der Waals surface area contributed by atoms with Crippen LogP contribution in [0, 0.1) is 10.1 Å². The van der Waals surface area contributed by atoms with Crippen LogP contribution in [-0.4, -0.2) is 28.0 Å². The smallest absolute Gasteiger partial charge is 0.419 e. The van der Waals surface area contributed by atoms with Crippen LogP contribution in [0.15, 0.2) is 51.7 Å². The maximum Gasteiger partial charge on any atom is 0.419 e. The van der Waals surface area contributed by atoms with Crippen LogP contribution in [0.5, 0.6) is 0 Å². The lowest BCUT2D eigenvalue weighted by Crippen LogP contribution is -2.17. The molecule has 0 spiro atoms. The summed E-state index contributed by atoms with van der Waals surface area (Å²) in [5.41, 5.74) is 0.995. The largest absolute Gasteiger partial charge is 0.462 e. The molecule has 2 aromatic heterocycles. The van der Waals surface area contributed by atoms with E-state index in [0.29, 0.717) is 29.1 Å². The van der Waals surface area contributed by atoms with Gasteiger partial charge >= 0.3 is 11.7 Å². The van der Waals surface area contributed by atoms with Gasteiger partial charge in [0.05, 0.1) is 23.1 Å². The number of oxazole rings is 1. The second kappa shape index (κ2) is 9.25. The molecule has 0 unspecified atom stereocenters. The number of esters is 1. The molecule has 0 atom stereocenters. The van der Waals surface area contributed by atoms with Crippen LogP contribution in [0.2, 0.25) is 0 Å². The standard InChI is InChI=1S/C22H19N3O7S/c1-2-31-21(27)19-11-13-10-14(5-8-18(13)33-19)23-20(26)4-3-9-24-16-7-6-15(25(29)30)12-17(16)32-22(24)28/h5-8,10-12H,2-4,9H2,1H3,(H,23,26). The molecule has 0 bridgehead atoms. The van der Waals surface area contributed by atoms with E-state index in [9.17, 15) is 24.5 Å². The van der Waals surface area contributed by atoms with E-state index < -0.39 is 10.7 Å². The van der Waals surface area contributed by atoms with Gasteiger partial charge < -0.3 is 14.5 Å². The number of aromatic nitrogens is 1. The Morgan fingerprint density at radius 1 is 1.21 bits per heavy atom. The SMILES string of the molecule is CCOC(=O)c1cc2cc(NC(=O)CCCn3c(=O)oc4cc([N+](=O)[O-])ccc43)ccc2s1. The Balaban J connectivity index is 1.38. The quantitative estimate of drug-likeness (QED) is 0.231.